The van der Waals surface area contributed by atoms with Crippen molar-refractivity contribution >= 4 is 11.9 Å². The average Bonchev–Trinajstić information content (AvgIpc) is 2.55. The first-order valence-corrected chi connectivity index (χ1v) is 9.56. The van der Waals surface area contributed by atoms with E-state index in [0.717, 1.165) is 50.6 Å². The van der Waals surface area contributed by atoms with Crippen LogP contribution >= 0.6 is 0 Å². The highest BCUT2D eigenvalue weighted by molar-refractivity contribution is 5.93. The predicted molar refractivity (Wildman–Crippen MR) is 97.5 cm³/mol. The van der Waals surface area contributed by atoms with Crippen molar-refractivity contribution in [3.05, 3.63) is 17.5 Å². The molecule has 2 aliphatic rings. The van der Waals surface area contributed by atoms with Crippen molar-refractivity contribution in [2.45, 2.75) is 83.7 Å². The monoisotopic (exact) mass is 364 g/mol. The van der Waals surface area contributed by atoms with Crippen LogP contribution in [0.1, 0.15) is 74.8 Å². The van der Waals surface area contributed by atoms with Crippen molar-refractivity contribution < 1.29 is 13.9 Å². The maximum absolute atomic E-state index is 13.0. The third-order valence-electron chi connectivity index (χ3n) is 5.68. The Balaban J connectivity index is 1.64. The van der Waals surface area contributed by atoms with Crippen LogP contribution in [0.25, 0.3) is 0 Å². The van der Waals surface area contributed by atoms with Crippen LogP contribution in [0.3, 0.4) is 0 Å². The third kappa shape index (κ3) is 4.69. The number of primary amides is 1. The smallest absolute Gasteiger partial charge is 0.252 e. The van der Waals surface area contributed by atoms with E-state index in [4.69, 9.17) is 10.5 Å². The highest BCUT2D eigenvalue weighted by atomic mass is 19.1. The minimum Gasteiger partial charge on any atom is -0.365 e. The number of aromatic nitrogens is 2. The third-order valence-corrected chi connectivity index (χ3v) is 5.68. The van der Waals surface area contributed by atoms with Crippen molar-refractivity contribution in [1.82, 2.24) is 9.97 Å². The Hall–Kier alpha value is -1.76. The molecule has 0 spiro atoms. The first-order chi connectivity index (χ1) is 12.3. The normalized spacial score (nSPS) is 26.0. The summed E-state index contributed by atoms with van der Waals surface area (Å²) in [5, 5.41) is 3.36. The topological polar surface area (TPSA) is 90.1 Å². The van der Waals surface area contributed by atoms with E-state index in [1.165, 1.54) is 19.5 Å². The number of carbonyl (C=O) groups excluding carboxylic acids is 1. The summed E-state index contributed by atoms with van der Waals surface area (Å²) in [5.74, 6) is 0.0589. The second kappa shape index (κ2) is 7.86. The number of nitrogens with two attached hydrogens (primary N) is 1. The Morgan fingerprint density at radius 3 is 2.65 bits per heavy atom. The number of nitrogens with zero attached hydrogens (tertiary/aromatic N) is 2. The lowest BCUT2D eigenvalue weighted by Crippen LogP contribution is -2.32. The summed E-state index contributed by atoms with van der Waals surface area (Å²) >= 11 is 0. The predicted octanol–water partition coefficient (Wildman–Crippen LogP) is 3.36. The van der Waals surface area contributed by atoms with Crippen molar-refractivity contribution in [3.63, 3.8) is 0 Å². The molecule has 1 aromatic rings. The Morgan fingerprint density at radius 2 is 2.12 bits per heavy atom. The van der Waals surface area contributed by atoms with Gasteiger partial charge >= 0.3 is 0 Å². The molecule has 1 aromatic heterocycles. The Kier molecular flexibility index (Phi) is 5.75. The zero-order valence-electron chi connectivity index (χ0n) is 15.6. The standard InChI is InChI=1S/C19H29FN4O2/c1-12(20)26-14-6-4-13(5-7-14)23-18-22-11-15(17(21)25)16(24-18)10-19(2)8-3-9-19/h11-14H,3-10H2,1-2H3,(H2,21,25)(H,22,23,24). The number of hydrogen-bond acceptors (Lipinski definition) is 5. The first-order valence-electron chi connectivity index (χ1n) is 9.56. The number of alkyl halides is 1. The van der Waals surface area contributed by atoms with Crippen LogP contribution in [0.4, 0.5) is 10.3 Å². The molecule has 26 heavy (non-hydrogen) atoms. The summed E-state index contributed by atoms with van der Waals surface area (Å²) in [4.78, 5) is 20.6. The number of rotatable bonds is 7. The van der Waals surface area contributed by atoms with E-state index in [-0.39, 0.29) is 17.6 Å². The lowest BCUT2D eigenvalue weighted by Gasteiger charge is -2.38. The van der Waals surface area contributed by atoms with Crippen LogP contribution in [0.5, 0.6) is 0 Å². The summed E-state index contributed by atoms with van der Waals surface area (Å²) in [7, 11) is 0. The van der Waals surface area contributed by atoms with Crippen LogP contribution in [0.15, 0.2) is 6.20 Å². The van der Waals surface area contributed by atoms with Gasteiger partial charge in [0.1, 0.15) is 0 Å². The maximum atomic E-state index is 13.0. The van der Waals surface area contributed by atoms with E-state index < -0.39 is 12.3 Å². The SMILES string of the molecule is CC(F)OC1CCC(Nc2ncc(C(N)=O)c(CC3(C)CCC3)n2)CC1. The molecule has 3 N–H and O–H groups in total. The van der Waals surface area contributed by atoms with Gasteiger partial charge in [0.25, 0.3) is 5.91 Å². The number of nitrogens with one attached hydrogen (secondary N) is 1. The van der Waals surface area contributed by atoms with Crippen molar-refractivity contribution in [2.75, 3.05) is 5.32 Å². The summed E-state index contributed by atoms with van der Waals surface area (Å²) < 4.78 is 18.2. The summed E-state index contributed by atoms with van der Waals surface area (Å²) in [6.07, 6.45) is 7.96. The second-order valence-electron chi connectivity index (χ2n) is 8.06. The molecule has 1 atom stereocenters. The Bertz CT molecular complexity index is 640. The van der Waals surface area contributed by atoms with Gasteiger partial charge in [0.2, 0.25) is 5.95 Å². The van der Waals surface area contributed by atoms with E-state index in [1.54, 1.807) is 0 Å². The summed E-state index contributed by atoms with van der Waals surface area (Å²) in [5.41, 5.74) is 6.85. The molecule has 144 valence electrons. The molecule has 1 amide bonds. The fourth-order valence-corrected chi connectivity index (χ4v) is 3.98. The van der Waals surface area contributed by atoms with E-state index in [0.29, 0.717) is 11.5 Å². The van der Waals surface area contributed by atoms with Gasteiger partial charge in [-0.2, -0.15) is 0 Å². The van der Waals surface area contributed by atoms with Gasteiger partial charge in [0, 0.05) is 12.2 Å². The molecule has 6 nitrogen and oxygen atoms in total. The lowest BCUT2D eigenvalue weighted by atomic mass is 9.67. The summed E-state index contributed by atoms with van der Waals surface area (Å²) in [6.45, 7) is 3.65. The number of amides is 1. The van der Waals surface area contributed by atoms with Gasteiger partial charge in [-0.25, -0.2) is 14.4 Å². The molecule has 3 rings (SSSR count). The van der Waals surface area contributed by atoms with E-state index in [1.807, 2.05) is 0 Å². The Labute approximate surface area is 154 Å². The lowest BCUT2D eigenvalue weighted by molar-refractivity contribution is -0.0862. The molecule has 2 saturated carbocycles. The van der Waals surface area contributed by atoms with Gasteiger partial charge < -0.3 is 15.8 Å². The van der Waals surface area contributed by atoms with Gasteiger partial charge in [-0.3, -0.25) is 4.79 Å². The molecule has 1 unspecified atom stereocenters. The van der Waals surface area contributed by atoms with Crippen LogP contribution in [-0.2, 0) is 11.2 Å². The highest BCUT2D eigenvalue weighted by Gasteiger charge is 2.34. The number of carbonyl (C=O) groups is 1. The molecular formula is C19H29FN4O2. The van der Waals surface area contributed by atoms with Crippen molar-refractivity contribution in [1.29, 1.82) is 0 Å². The molecule has 1 heterocycles. The minimum absolute atomic E-state index is 0.0136. The van der Waals surface area contributed by atoms with Gasteiger partial charge in [-0.05, 0) is 57.3 Å². The fraction of sp³-hybridized carbons (Fsp3) is 0.737. The molecule has 0 bridgehead atoms. The van der Waals surface area contributed by atoms with Crippen molar-refractivity contribution in [3.8, 4) is 0 Å². The first kappa shape index (κ1) is 19.0. The second-order valence-corrected chi connectivity index (χ2v) is 8.06. The van der Waals surface area contributed by atoms with E-state index in [2.05, 4.69) is 22.2 Å². The average molecular weight is 364 g/mol. The Morgan fingerprint density at radius 1 is 1.42 bits per heavy atom. The van der Waals surface area contributed by atoms with Crippen LogP contribution in [0, 0.1) is 5.41 Å². The quantitative estimate of drug-likeness (QED) is 0.774. The molecule has 0 radical (unpaired) electrons. The van der Waals surface area contributed by atoms with Crippen LogP contribution in [-0.4, -0.2) is 34.4 Å². The highest BCUT2D eigenvalue weighted by Crippen LogP contribution is 2.43. The van der Waals surface area contributed by atoms with Crippen LogP contribution < -0.4 is 11.1 Å². The van der Waals surface area contributed by atoms with E-state index >= 15 is 0 Å². The molecule has 2 fully saturated rings. The molecule has 0 aliphatic heterocycles. The molecule has 0 aromatic carbocycles. The molecule has 0 saturated heterocycles. The maximum Gasteiger partial charge on any atom is 0.252 e. The minimum atomic E-state index is -1.22. The number of ether oxygens (including phenoxy) is 1. The summed E-state index contributed by atoms with van der Waals surface area (Å²) in [6, 6.07) is 0.233. The van der Waals surface area contributed by atoms with Gasteiger partial charge in [-0.15, -0.1) is 0 Å². The largest absolute Gasteiger partial charge is 0.365 e. The molecular weight excluding hydrogens is 335 g/mol. The molecule has 2 aliphatic carbocycles. The number of hydrogen-bond donors (Lipinski definition) is 2. The van der Waals surface area contributed by atoms with Crippen molar-refractivity contribution in [2.24, 2.45) is 11.1 Å². The number of anilines is 1. The van der Waals surface area contributed by atoms with Gasteiger partial charge in [0.05, 0.1) is 17.4 Å². The fourth-order valence-electron chi connectivity index (χ4n) is 3.98. The zero-order chi connectivity index (χ0) is 18.7. The molecule has 7 heteroatoms. The van der Waals surface area contributed by atoms with E-state index in [9.17, 15) is 9.18 Å². The van der Waals surface area contributed by atoms with Gasteiger partial charge in [-0.1, -0.05) is 13.3 Å². The zero-order valence-corrected chi connectivity index (χ0v) is 15.6. The number of halogens is 1. The van der Waals surface area contributed by atoms with Crippen LogP contribution in [0.2, 0.25) is 0 Å². The van der Waals surface area contributed by atoms with Gasteiger partial charge in [0.15, 0.2) is 6.36 Å².